The van der Waals surface area contributed by atoms with Gasteiger partial charge in [0, 0.05) is 0 Å². The summed E-state index contributed by atoms with van der Waals surface area (Å²) in [5, 5.41) is 17.0. The zero-order valence-electron chi connectivity index (χ0n) is 12.7. The zero-order chi connectivity index (χ0) is 15.9. The van der Waals surface area contributed by atoms with E-state index in [4.69, 9.17) is 14.7 Å². The van der Waals surface area contributed by atoms with Gasteiger partial charge in [-0.2, -0.15) is 5.26 Å². The normalized spacial score (nSPS) is 10.0. The van der Waals surface area contributed by atoms with Crippen LogP contribution in [0.15, 0.2) is 30.9 Å². The summed E-state index contributed by atoms with van der Waals surface area (Å²) in [6, 6.07) is 7.87. The molecule has 1 aromatic heterocycles. The Kier molecular flexibility index (Phi) is 5.15. The summed E-state index contributed by atoms with van der Waals surface area (Å²) >= 11 is 0. The lowest BCUT2D eigenvalue weighted by Crippen LogP contribution is -2.06. The highest BCUT2D eigenvalue weighted by Gasteiger charge is 2.12. The number of nitriles is 1. The van der Waals surface area contributed by atoms with Gasteiger partial charge in [-0.3, -0.25) is 0 Å². The van der Waals surface area contributed by atoms with Crippen LogP contribution in [0.3, 0.4) is 0 Å². The van der Waals surface area contributed by atoms with E-state index in [-0.39, 0.29) is 0 Å². The lowest BCUT2D eigenvalue weighted by molar-refractivity contribution is 0.354. The first-order chi connectivity index (χ1) is 10.7. The number of methoxy groups -OCH3 is 2. The lowest BCUT2D eigenvalue weighted by atomic mass is 10.1. The van der Waals surface area contributed by atoms with Gasteiger partial charge in [0.25, 0.3) is 0 Å². The van der Waals surface area contributed by atoms with Crippen molar-refractivity contribution in [2.75, 3.05) is 14.2 Å². The van der Waals surface area contributed by atoms with E-state index in [1.807, 2.05) is 18.2 Å². The van der Waals surface area contributed by atoms with Crippen molar-refractivity contribution in [3.05, 3.63) is 47.8 Å². The van der Waals surface area contributed by atoms with Crippen molar-refractivity contribution >= 4 is 0 Å². The Bertz CT molecular complexity index is 701. The van der Waals surface area contributed by atoms with Gasteiger partial charge in [-0.05, 0) is 30.5 Å². The Morgan fingerprint density at radius 3 is 2.68 bits per heavy atom. The van der Waals surface area contributed by atoms with Crippen LogP contribution in [0.25, 0.3) is 0 Å². The molecule has 0 bridgehead atoms. The number of nitrogens with zero attached hydrogens (tertiary/aromatic N) is 4. The summed E-state index contributed by atoms with van der Waals surface area (Å²) in [5.41, 5.74) is 2.27. The number of benzene rings is 1. The fourth-order valence-corrected chi connectivity index (χ4v) is 2.23. The summed E-state index contributed by atoms with van der Waals surface area (Å²) in [4.78, 5) is 0. The molecule has 1 heterocycles. The summed E-state index contributed by atoms with van der Waals surface area (Å²) in [7, 11) is 3.22. The highest BCUT2D eigenvalue weighted by molar-refractivity contribution is 5.43. The number of aromatic nitrogens is 3. The molecule has 2 rings (SSSR count). The van der Waals surface area contributed by atoms with E-state index in [9.17, 15) is 0 Å². The van der Waals surface area contributed by atoms with Crippen molar-refractivity contribution < 1.29 is 9.47 Å². The predicted molar refractivity (Wildman–Crippen MR) is 81.9 cm³/mol. The van der Waals surface area contributed by atoms with Crippen molar-refractivity contribution in [2.45, 2.75) is 19.4 Å². The number of ether oxygens (including phenoxy) is 2. The van der Waals surface area contributed by atoms with Gasteiger partial charge in [0.2, 0.25) is 0 Å². The maximum absolute atomic E-state index is 9.12. The van der Waals surface area contributed by atoms with Crippen molar-refractivity contribution in [3.63, 3.8) is 0 Å². The van der Waals surface area contributed by atoms with Crippen LogP contribution in [-0.2, 0) is 19.4 Å². The third kappa shape index (κ3) is 3.26. The average Bonchev–Trinajstić information content (AvgIpc) is 2.94. The average molecular weight is 298 g/mol. The molecular formula is C16H18N4O2. The molecule has 6 heteroatoms. The van der Waals surface area contributed by atoms with E-state index in [1.54, 1.807) is 25.0 Å². The Labute approximate surface area is 129 Å². The first-order valence-corrected chi connectivity index (χ1v) is 6.87. The third-order valence-corrected chi connectivity index (χ3v) is 3.34. The monoisotopic (exact) mass is 298 g/mol. The second-order valence-electron chi connectivity index (χ2n) is 4.66. The molecule has 1 aromatic carbocycles. The highest BCUT2D eigenvalue weighted by atomic mass is 16.5. The Balaban J connectivity index is 2.18. The first-order valence-electron chi connectivity index (χ1n) is 6.87. The minimum atomic E-state index is 0.363. The van der Waals surface area contributed by atoms with Crippen LogP contribution >= 0.6 is 0 Å². The van der Waals surface area contributed by atoms with Crippen molar-refractivity contribution in [1.29, 1.82) is 5.26 Å². The van der Waals surface area contributed by atoms with Gasteiger partial charge in [-0.1, -0.05) is 17.4 Å². The summed E-state index contributed by atoms with van der Waals surface area (Å²) in [6.45, 7) is 4.23. The molecule has 0 atom stereocenters. The quantitative estimate of drug-likeness (QED) is 0.732. The minimum Gasteiger partial charge on any atom is -0.493 e. The Hall–Kier alpha value is -2.81. The Morgan fingerprint density at radius 1 is 1.27 bits per heavy atom. The van der Waals surface area contributed by atoms with Crippen molar-refractivity contribution in [1.82, 2.24) is 15.0 Å². The highest BCUT2D eigenvalue weighted by Crippen LogP contribution is 2.28. The van der Waals surface area contributed by atoms with Crippen LogP contribution in [0.4, 0.5) is 0 Å². The molecule has 0 aliphatic rings. The lowest BCUT2D eigenvalue weighted by Gasteiger charge is -2.10. The third-order valence-electron chi connectivity index (χ3n) is 3.34. The SMILES string of the molecule is C=CCn1nnc(C#N)c1CCc1ccc(OC)c(OC)c1. The number of hydrogen-bond acceptors (Lipinski definition) is 5. The minimum absolute atomic E-state index is 0.363. The second kappa shape index (κ2) is 7.27. The molecule has 114 valence electrons. The number of allylic oxidation sites excluding steroid dienone is 1. The summed E-state index contributed by atoms with van der Waals surface area (Å²) < 4.78 is 12.2. The molecule has 6 nitrogen and oxygen atoms in total. The molecule has 2 aromatic rings. The van der Waals surface area contributed by atoms with E-state index in [1.165, 1.54) is 0 Å². The standard InChI is InChI=1S/C16H18N4O2/c1-4-9-20-14(13(11-17)18-19-20)7-5-12-6-8-15(21-2)16(10-12)22-3/h4,6,8,10H,1,5,7,9H2,2-3H3. The molecule has 0 aliphatic carbocycles. The molecule has 0 saturated carbocycles. The predicted octanol–water partition coefficient (Wildman–Crippen LogP) is 2.14. The maximum atomic E-state index is 9.12. The molecule has 0 spiro atoms. The van der Waals surface area contributed by atoms with Gasteiger partial charge >= 0.3 is 0 Å². The molecule has 0 N–H and O–H groups in total. The molecule has 0 aliphatic heterocycles. The van der Waals surface area contributed by atoms with Crippen LogP contribution in [0.2, 0.25) is 0 Å². The topological polar surface area (TPSA) is 73.0 Å². The van der Waals surface area contributed by atoms with Crippen LogP contribution in [0, 0.1) is 11.3 Å². The maximum Gasteiger partial charge on any atom is 0.185 e. The fourth-order valence-electron chi connectivity index (χ4n) is 2.23. The van der Waals surface area contributed by atoms with Gasteiger partial charge < -0.3 is 9.47 Å². The van der Waals surface area contributed by atoms with Gasteiger partial charge in [-0.25, -0.2) is 4.68 Å². The number of rotatable bonds is 7. The fraction of sp³-hybridized carbons (Fsp3) is 0.312. The van der Waals surface area contributed by atoms with E-state index in [0.29, 0.717) is 30.2 Å². The molecule has 0 amide bonds. The van der Waals surface area contributed by atoms with Gasteiger partial charge in [0.1, 0.15) is 6.07 Å². The van der Waals surface area contributed by atoms with E-state index in [0.717, 1.165) is 17.7 Å². The summed E-state index contributed by atoms with van der Waals surface area (Å²) in [5.74, 6) is 1.39. The molecular weight excluding hydrogens is 280 g/mol. The molecule has 0 saturated heterocycles. The van der Waals surface area contributed by atoms with Crippen molar-refractivity contribution in [2.24, 2.45) is 0 Å². The van der Waals surface area contributed by atoms with Crippen LogP contribution in [-0.4, -0.2) is 29.2 Å². The van der Waals surface area contributed by atoms with Crippen LogP contribution in [0.5, 0.6) is 11.5 Å². The number of hydrogen-bond donors (Lipinski definition) is 0. The largest absolute Gasteiger partial charge is 0.493 e. The summed E-state index contributed by atoms with van der Waals surface area (Å²) in [6.07, 6.45) is 3.15. The van der Waals surface area contributed by atoms with E-state index in [2.05, 4.69) is 23.0 Å². The molecule has 22 heavy (non-hydrogen) atoms. The van der Waals surface area contributed by atoms with Gasteiger partial charge in [0.05, 0.1) is 26.5 Å². The second-order valence-corrected chi connectivity index (χ2v) is 4.66. The first kappa shape index (κ1) is 15.6. The Morgan fingerprint density at radius 2 is 2.05 bits per heavy atom. The van der Waals surface area contributed by atoms with Gasteiger partial charge in [-0.15, -0.1) is 11.7 Å². The smallest absolute Gasteiger partial charge is 0.185 e. The van der Waals surface area contributed by atoms with Crippen LogP contribution in [0.1, 0.15) is 17.0 Å². The van der Waals surface area contributed by atoms with E-state index >= 15 is 0 Å². The zero-order valence-corrected chi connectivity index (χ0v) is 12.7. The molecule has 0 radical (unpaired) electrons. The van der Waals surface area contributed by atoms with E-state index < -0.39 is 0 Å². The molecule has 0 unspecified atom stereocenters. The number of aryl methyl sites for hydroxylation is 1. The molecule has 0 fully saturated rings. The van der Waals surface area contributed by atoms with Gasteiger partial charge in [0.15, 0.2) is 17.2 Å². The van der Waals surface area contributed by atoms with Crippen LogP contribution < -0.4 is 9.47 Å². The van der Waals surface area contributed by atoms with Crippen molar-refractivity contribution in [3.8, 4) is 17.6 Å².